The number of halogens is 1. The average molecular weight is 441 g/mol. The monoisotopic (exact) mass is 440 g/mol. The van der Waals surface area contributed by atoms with E-state index in [4.69, 9.17) is 21.7 Å². The van der Waals surface area contributed by atoms with Crippen LogP contribution in [-0.2, 0) is 14.3 Å². The number of anilines is 2. The zero-order valence-electron chi connectivity index (χ0n) is 16.5. The predicted molar refractivity (Wildman–Crippen MR) is 119 cm³/mol. The fourth-order valence-corrected chi connectivity index (χ4v) is 3.36. The predicted octanol–water partition coefficient (Wildman–Crippen LogP) is 2.21. The van der Waals surface area contributed by atoms with Gasteiger partial charge in [-0.3, -0.25) is 9.69 Å². The van der Waals surface area contributed by atoms with E-state index in [1.54, 1.807) is 24.0 Å². The first kappa shape index (κ1) is 25.3. The molecule has 30 heavy (non-hydrogen) atoms. The lowest BCUT2D eigenvalue weighted by Gasteiger charge is -2.35. The molecule has 0 unspecified atom stereocenters. The molecule has 2 aliphatic heterocycles. The number of nitrogens with one attached hydrogen (secondary N) is 1. The first-order valence-corrected chi connectivity index (χ1v) is 9.57. The maximum Gasteiger partial charge on any atom is 0.414 e. The molecule has 3 rings (SSSR count). The summed E-state index contributed by atoms with van der Waals surface area (Å²) in [4.78, 5) is 37.2. The van der Waals surface area contributed by atoms with E-state index >= 15 is 0 Å². The van der Waals surface area contributed by atoms with Gasteiger partial charge in [0.1, 0.15) is 18.7 Å². The maximum absolute atomic E-state index is 14.7. The number of ether oxygens (including phenoxy) is 1. The Bertz CT molecular complexity index is 771. The number of rotatable bonds is 4. The normalized spacial score (nSPS) is 18.0. The van der Waals surface area contributed by atoms with Gasteiger partial charge in [-0.05, 0) is 25.1 Å². The Hall–Kier alpha value is -2.75. The molecule has 2 aliphatic rings. The third-order valence-corrected chi connectivity index (χ3v) is 4.91. The molecule has 2 saturated heterocycles. The van der Waals surface area contributed by atoms with Crippen LogP contribution >= 0.6 is 12.2 Å². The van der Waals surface area contributed by atoms with Gasteiger partial charge in [0.2, 0.25) is 5.91 Å². The van der Waals surface area contributed by atoms with Crippen LogP contribution in [0.2, 0.25) is 0 Å². The highest BCUT2D eigenvalue weighted by molar-refractivity contribution is 7.80. The molecule has 1 N–H and O–H groups in total. The second-order valence-corrected chi connectivity index (χ2v) is 7.29. The minimum atomic E-state index is -0.494. The summed E-state index contributed by atoms with van der Waals surface area (Å²) in [7, 11) is 0. The van der Waals surface area contributed by atoms with Crippen LogP contribution in [0.3, 0.4) is 0 Å². The van der Waals surface area contributed by atoms with Crippen LogP contribution in [-0.4, -0.2) is 74.1 Å². The standard InChI is InChI=1S/C18H23FN4O3S.CH2O.CH4/c1-12(27)20-10-15-11-23(18(25)26-15)14-3-4-17(16(19)9-14)22-7-5-21(6-8-22)13(2)24;1-2;/h3-4,9,15H,5-8,10-11H2,1-2H3,(H,20,27);1H2;1H4/t15-;;/m0../s1. The first-order chi connectivity index (χ1) is 13.8. The van der Waals surface area contributed by atoms with Crippen molar-refractivity contribution in [2.45, 2.75) is 27.4 Å². The van der Waals surface area contributed by atoms with Crippen LogP contribution in [0.5, 0.6) is 0 Å². The Kier molecular flexibility index (Phi) is 9.64. The zero-order chi connectivity index (χ0) is 21.6. The van der Waals surface area contributed by atoms with E-state index in [0.29, 0.717) is 55.6 Å². The quantitative estimate of drug-likeness (QED) is 0.719. The summed E-state index contributed by atoms with van der Waals surface area (Å²) in [6.07, 6.45) is -0.830. The van der Waals surface area contributed by atoms with E-state index in [-0.39, 0.29) is 19.4 Å². The number of carbonyl (C=O) groups excluding carboxylic acids is 3. The van der Waals surface area contributed by atoms with E-state index in [9.17, 15) is 14.0 Å². The molecule has 2 heterocycles. The molecule has 0 aromatic heterocycles. The second-order valence-electron chi connectivity index (χ2n) is 6.68. The lowest BCUT2D eigenvalue weighted by molar-refractivity contribution is -0.129. The molecule has 8 nitrogen and oxygen atoms in total. The fourth-order valence-electron chi connectivity index (χ4n) is 3.28. The molecule has 0 saturated carbocycles. The summed E-state index contributed by atoms with van der Waals surface area (Å²) < 4.78 is 20.0. The smallest absolute Gasteiger partial charge is 0.414 e. The Morgan fingerprint density at radius 1 is 1.27 bits per heavy atom. The number of piperazine rings is 1. The summed E-state index contributed by atoms with van der Waals surface area (Å²) in [6.45, 7) is 8.36. The van der Waals surface area contributed by atoms with Crippen molar-refractivity contribution >= 4 is 47.4 Å². The van der Waals surface area contributed by atoms with Crippen molar-refractivity contribution in [1.29, 1.82) is 0 Å². The number of cyclic esters (lactones) is 1. The number of nitrogens with zero attached hydrogens (tertiary/aromatic N) is 3. The summed E-state index contributed by atoms with van der Waals surface area (Å²) in [6, 6.07) is 4.75. The molecule has 0 bridgehead atoms. The van der Waals surface area contributed by atoms with Crippen molar-refractivity contribution in [3.63, 3.8) is 0 Å². The van der Waals surface area contributed by atoms with Gasteiger partial charge in [0, 0.05) is 33.1 Å². The SMILES string of the molecule is C.C=O.CC(=O)N1CCN(c2ccc(N3C[C@H](CNC(C)=S)OC3=O)cc2F)CC1. The van der Waals surface area contributed by atoms with Crippen LogP contribution < -0.4 is 15.1 Å². The van der Waals surface area contributed by atoms with Gasteiger partial charge in [-0.25, -0.2) is 9.18 Å². The van der Waals surface area contributed by atoms with Crippen molar-refractivity contribution in [3.8, 4) is 0 Å². The molecule has 0 spiro atoms. The third kappa shape index (κ3) is 6.12. The van der Waals surface area contributed by atoms with Gasteiger partial charge in [-0.1, -0.05) is 19.6 Å². The van der Waals surface area contributed by atoms with Crippen molar-refractivity contribution in [2.75, 3.05) is 49.1 Å². The molecular formula is C20H29FN4O4S. The Labute approximate surface area is 181 Å². The number of thiocarbonyl (C=S) groups is 1. The van der Waals surface area contributed by atoms with Crippen molar-refractivity contribution < 1.29 is 23.5 Å². The van der Waals surface area contributed by atoms with Crippen LogP contribution in [0.4, 0.5) is 20.6 Å². The van der Waals surface area contributed by atoms with Crippen molar-refractivity contribution in [1.82, 2.24) is 10.2 Å². The lowest BCUT2D eigenvalue weighted by atomic mass is 10.2. The topological polar surface area (TPSA) is 82.2 Å². The van der Waals surface area contributed by atoms with E-state index in [0.717, 1.165) is 0 Å². The van der Waals surface area contributed by atoms with Gasteiger partial charge >= 0.3 is 6.09 Å². The van der Waals surface area contributed by atoms with Gasteiger partial charge in [0.15, 0.2) is 0 Å². The third-order valence-electron chi connectivity index (χ3n) is 4.76. The highest BCUT2D eigenvalue weighted by Gasteiger charge is 2.33. The van der Waals surface area contributed by atoms with Crippen LogP contribution in [0.15, 0.2) is 18.2 Å². The number of hydrogen-bond acceptors (Lipinski definition) is 6. The molecule has 10 heteroatoms. The first-order valence-electron chi connectivity index (χ1n) is 9.16. The number of carbonyl (C=O) groups is 3. The van der Waals surface area contributed by atoms with Gasteiger partial charge in [-0.2, -0.15) is 0 Å². The largest absolute Gasteiger partial charge is 0.442 e. The van der Waals surface area contributed by atoms with Crippen LogP contribution in [0, 0.1) is 5.82 Å². The van der Waals surface area contributed by atoms with Gasteiger partial charge in [-0.15, -0.1) is 0 Å². The molecule has 2 amide bonds. The Morgan fingerprint density at radius 3 is 2.43 bits per heavy atom. The van der Waals surface area contributed by atoms with Gasteiger partial charge in [0.05, 0.1) is 29.5 Å². The second kappa shape index (κ2) is 11.4. The van der Waals surface area contributed by atoms with Crippen molar-refractivity contribution in [2.24, 2.45) is 0 Å². The molecule has 2 fully saturated rings. The minimum Gasteiger partial charge on any atom is -0.442 e. The van der Waals surface area contributed by atoms with Crippen LogP contribution in [0.25, 0.3) is 0 Å². The molecule has 1 aromatic carbocycles. The van der Waals surface area contributed by atoms with E-state index < -0.39 is 11.9 Å². The average Bonchev–Trinajstić information content (AvgIpc) is 3.08. The minimum absolute atomic E-state index is 0. The number of amides is 2. The molecule has 1 aromatic rings. The molecule has 0 aliphatic carbocycles. The Balaban J connectivity index is 0.00000146. The molecule has 1 atom stereocenters. The summed E-state index contributed by atoms with van der Waals surface area (Å²) in [5, 5.41) is 2.97. The highest BCUT2D eigenvalue weighted by Crippen LogP contribution is 2.28. The maximum atomic E-state index is 14.7. The summed E-state index contributed by atoms with van der Waals surface area (Å²) >= 11 is 4.96. The van der Waals surface area contributed by atoms with Gasteiger partial charge < -0.3 is 24.6 Å². The zero-order valence-corrected chi connectivity index (χ0v) is 17.3. The number of benzene rings is 1. The number of hydrogen-bond donors (Lipinski definition) is 1. The molecule has 166 valence electrons. The van der Waals surface area contributed by atoms with Gasteiger partial charge in [0.25, 0.3) is 0 Å². The van der Waals surface area contributed by atoms with Crippen molar-refractivity contribution in [3.05, 3.63) is 24.0 Å². The van der Waals surface area contributed by atoms with Crippen LogP contribution in [0.1, 0.15) is 21.3 Å². The van der Waals surface area contributed by atoms with E-state index in [1.807, 2.05) is 11.7 Å². The Morgan fingerprint density at radius 2 is 1.90 bits per heavy atom. The fraction of sp³-hybridized carbons (Fsp3) is 0.500. The highest BCUT2D eigenvalue weighted by atomic mass is 32.1. The molecule has 0 radical (unpaired) electrons. The lowest BCUT2D eigenvalue weighted by Crippen LogP contribution is -2.48. The molecular weight excluding hydrogens is 411 g/mol. The van der Waals surface area contributed by atoms with E-state index in [1.165, 1.54) is 17.9 Å². The van der Waals surface area contributed by atoms with E-state index in [2.05, 4.69) is 5.32 Å². The summed E-state index contributed by atoms with van der Waals surface area (Å²) in [5.41, 5.74) is 0.939. The summed E-state index contributed by atoms with van der Waals surface area (Å²) in [5.74, 6) is -0.362.